The van der Waals surface area contributed by atoms with Crippen LogP contribution in [0.3, 0.4) is 0 Å². The second-order valence-electron chi connectivity index (χ2n) is 7.44. The number of rotatable bonds is 6. The van der Waals surface area contributed by atoms with Gasteiger partial charge in [0.2, 0.25) is 0 Å². The molecular formula is C25H20BrN3O2S2. The van der Waals surface area contributed by atoms with E-state index < -0.39 is 0 Å². The molecule has 3 heterocycles. The summed E-state index contributed by atoms with van der Waals surface area (Å²) in [5.74, 6) is 2.29. The van der Waals surface area contributed by atoms with Crippen LogP contribution in [0.1, 0.15) is 22.7 Å². The molecular weight excluding hydrogens is 518 g/mol. The predicted octanol–water partition coefficient (Wildman–Crippen LogP) is 6.88. The Bertz CT molecular complexity index is 1250. The molecule has 4 aromatic rings. The maximum Gasteiger partial charge on any atom is 0.174 e. The van der Waals surface area contributed by atoms with E-state index >= 15 is 0 Å². The number of ether oxygens (including phenoxy) is 2. The van der Waals surface area contributed by atoms with E-state index in [0.717, 1.165) is 33.1 Å². The van der Waals surface area contributed by atoms with Gasteiger partial charge in [-0.15, -0.1) is 11.3 Å². The average Bonchev–Trinajstić information content (AvgIpc) is 3.43. The smallest absolute Gasteiger partial charge is 0.174 e. The number of anilines is 1. The van der Waals surface area contributed by atoms with Crippen LogP contribution in [0, 0.1) is 0 Å². The quantitative estimate of drug-likeness (QED) is 0.270. The fourth-order valence-electron chi connectivity index (χ4n) is 3.86. The fourth-order valence-corrected chi connectivity index (χ4v) is 5.78. The fraction of sp³-hybridized carbons (Fsp3) is 0.120. The standard InChI is InChI=1S/C25H20BrN3O2S2/c1-30-18-9-11-20(12-10-18)31-19-7-5-17(6-8-19)29-24(22-14-16(26)15-33-22)23(28-25(29)32)21-4-2-3-13-27-21/h2-15,23-24H,1H3,(H,28,32)/t23-,24+/m1/s1. The molecule has 1 fully saturated rings. The second kappa shape index (κ2) is 9.51. The Morgan fingerprint density at radius 2 is 1.70 bits per heavy atom. The van der Waals surface area contributed by atoms with Crippen molar-refractivity contribution in [1.82, 2.24) is 10.3 Å². The molecule has 33 heavy (non-hydrogen) atoms. The minimum atomic E-state index is -0.0560. The zero-order valence-electron chi connectivity index (χ0n) is 17.6. The van der Waals surface area contributed by atoms with Crippen molar-refractivity contribution < 1.29 is 9.47 Å². The maximum absolute atomic E-state index is 5.99. The molecule has 1 saturated heterocycles. The third-order valence-corrected chi connectivity index (χ3v) is 7.47. The Hall–Kier alpha value is -2.94. The number of methoxy groups -OCH3 is 1. The minimum Gasteiger partial charge on any atom is -0.497 e. The van der Waals surface area contributed by atoms with E-state index in [9.17, 15) is 0 Å². The Morgan fingerprint density at radius 3 is 2.30 bits per heavy atom. The highest BCUT2D eigenvalue weighted by Gasteiger charge is 2.41. The van der Waals surface area contributed by atoms with Gasteiger partial charge >= 0.3 is 0 Å². The molecule has 5 nitrogen and oxygen atoms in total. The minimum absolute atomic E-state index is 0.0166. The van der Waals surface area contributed by atoms with Gasteiger partial charge in [0.25, 0.3) is 0 Å². The van der Waals surface area contributed by atoms with Gasteiger partial charge in [-0.2, -0.15) is 0 Å². The van der Waals surface area contributed by atoms with Crippen LogP contribution in [0.5, 0.6) is 17.2 Å². The molecule has 1 N–H and O–H groups in total. The van der Waals surface area contributed by atoms with Crippen LogP contribution in [0.15, 0.2) is 88.8 Å². The summed E-state index contributed by atoms with van der Waals surface area (Å²) in [6.45, 7) is 0. The zero-order valence-corrected chi connectivity index (χ0v) is 20.9. The molecule has 0 bridgehead atoms. The van der Waals surface area contributed by atoms with E-state index in [4.69, 9.17) is 21.7 Å². The molecule has 1 aliphatic heterocycles. The Labute approximate surface area is 210 Å². The molecule has 5 rings (SSSR count). The number of halogens is 1. The second-order valence-corrected chi connectivity index (χ2v) is 9.68. The van der Waals surface area contributed by atoms with Gasteiger partial charge in [0.15, 0.2) is 5.11 Å². The summed E-state index contributed by atoms with van der Waals surface area (Å²) in [6, 6.07) is 23.5. The first-order valence-corrected chi connectivity index (χ1v) is 12.4. The molecule has 8 heteroatoms. The summed E-state index contributed by atoms with van der Waals surface area (Å²) in [4.78, 5) is 7.95. The summed E-state index contributed by atoms with van der Waals surface area (Å²) in [6.07, 6.45) is 1.81. The van der Waals surface area contributed by atoms with Crippen molar-refractivity contribution in [3.05, 3.63) is 99.4 Å². The van der Waals surface area contributed by atoms with Crippen molar-refractivity contribution in [2.24, 2.45) is 0 Å². The number of thiophene rings is 1. The van der Waals surface area contributed by atoms with Crippen molar-refractivity contribution >= 4 is 50.3 Å². The lowest BCUT2D eigenvalue weighted by Crippen LogP contribution is -2.28. The Kier molecular flexibility index (Phi) is 6.30. The number of hydrogen-bond donors (Lipinski definition) is 1. The van der Waals surface area contributed by atoms with Crippen LogP contribution < -0.4 is 19.7 Å². The number of nitrogens with one attached hydrogen (secondary N) is 1. The summed E-state index contributed by atoms with van der Waals surface area (Å²) in [5.41, 5.74) is 1.94. The lowest BCUT2D eigenvalue weighted by molar-refractivity contribution is 0.413. The lowest BCUT2D eigenvalue weighted by atomic mass is 10.0. The molecule has 166 valence electrons. The summed E-state index contributed by atoms with van der Waals surface area (Å²) < 4.78 is 12.3. The van der Waals surface area contributed by atoms with Crippen LogP contribution in [0.2, 0.25) is 0 Å². The van der Waals surface area contributed by atoms with Gasteiger partial charge in [-0.1, -0.05) is 6.07 Å². The first-order valence-electron chi connectivity index (χ1n) is 10.3. The first-order chi connectivity index (χ1) is 16.1. The molecule has 0 aliphatic carbocycles. The van der Waals surface area contributed by atoms with Gasteiger partial charge in [-0.25, -0.2) is 0 Å². The van der Waals surface area contributed by atoms with E-state index in [0.29, 0.717) is 5.11 Å². The SMILES string of the molecule is COc1ccc(Oc2ccc(N3C(=S)N[C@H](c4ccccn4)[C@@H]3c3cc(Br)cs3)cc2)cc1. The summed E-state index contributed by atoms with van der Waals surface area (Å²) in [7, 11) is 1.65. The summed E-state index contributed by atoms with van der Waals surface area (Å²) in [5, 5.41) is 6.25. The third-order valence-electron chi connectivity index (χ3n) is 5.39. The van der Waals surface area contributed by atoms with Crippen LogP contribution in [-0.2, 0) is 0 Å². The van der Waals surface area contributed by atoms with Gasteiger partial charge in [-0.3, -0.25) is 4.98 Å². The maximum atomic E-state index is 5.99. The average molecular weight is 538 g/mol. The summed E-state index contributed by atoms with van der Waals surface area (Å²) >= 11 is 11.1. The van der Waals surface area contributed by atoms with Crippen molar-refractivity contribution in [3.63, 3.8) is 0 Å². The highest BCUT2D eigenvalue weighted by Crippen LogP contribution is 2.44. The van der Waals surface area contributed by atoms with E-state index in [1.54, 1.807) is 18.4 Å². The highest BCUT2D eigenvalue weighted by atomic mass is 79.9. The molecule has 1 aliphatic rings. The normalized spacial score (nSPS) is 17.6. The molecule has 0 amide bonds. The zero-order chi connectivity index (χ0) is 22.8. The number of hydrogen-bond acceptors (Lipinski definition) is 5. The highest BCUT2D eigenvalue weighted by molar-refractivity contribution is 9.10. The molecule has 2 atom stereocenters. The molecule has 2 aromatic carbocycles. The van der Waals surface area contributed by atoms with Crippen molar-refractivity contribution in [2.75, 3.05) is 12.0 Å². The van der Waals surface area contributed by atoms with Gasteiger partial charge < -0.3 is 19.7 Å². The topological polar surface area (TPSA) is 46.6 Å². The predicted molar refractivity (Wildman–Crippen MR) is 139 cm³/mol. The molecule has 2 aromatic heterocycles. The molecule has 0 radical (unpaired) electrons. The van der Waals surface area contributed by atoms with E-state index in [2.05, 4.69) is 42.6 Å². The molecule has 0 saturated carbocycles. The van der Waals surface area contributed by atoms with Crippen LogP contribution in [0.4, 0.5) is 5.69 Å². The van der Waals surface area contributed by atoms with Crippen molar-refractivity contribution in [2.45, 2.75) is 12.1 Å². The number of aromatic nitrogens is 1. The Balaban J connectivity index is 1.44. The van der Waals surface area contributed by atoms with Gasteiger partial charge in [0.1, 0.15) is 17.2 Å². The molecule has 0 spiro atoms. The van der Waals surface area contributed by atoms with Crippen molar-refractivity contribution in [1.29, 1.82) is 0 Å². The Morgan fingerprint density at radius 1 is 1.00 bits per heavy atom. The lowest BCUT2D eigenvalue weighted by Gasteiger charge is -2.27. The first kappa shape index (κ1) is 21.9. The monoisotopic (exact) mass is 537 g/mol. The third kappa shape index (κ3) is 4.59. The van der Waals surface area contributed by atoms with Crippen LogP contribution in [0.25, 0.3) is 0 Å². The number of nitrogens with zero attached hydrogens (tertiary/aromatic N) is 2. The van der Waals surface area contributed by atoms with Crippen molar-refractivity contribution in [3.8, 4) is 17.2 Å². The van der Waals surface area contributed by atoms with E-state index in [1.807, 2.05) is 72.9 Å². The number of thiocarbonyl (C=S) groups is 1. The largest absolute Gasteiger partial charge is 0.497 e. The number of pyridine rings is 1. The van der Waals surface area contributed by atoms with Crippen LogP contribution >= 0.6 is 39.5 Å². The van der Waals surface area contributed by atoms with Crippen LogP contribution in [-0.4, -0.2) is 17.2 Å². The van der Waals surface area contributed by atoms with Gasteiger partial charge in [0.05, 0.1) is 24.9 Å². The van der Waals surface area contributed by atoms with E-state index in [1.165, 1.54) is 4.88 Å². The number of benzene rings is 2. The molecule has 0 unspecified atom stereocenters. The van der Waals surface area contributed by atoms with Gasteiger partial charge in [-0.05, 0) is 94.9 Å². The van der Waals surface area contributed by atoms with Gasteiger partial charge in [0, 0.05) is 26.6 Å². The van der Waals surface area contributed by atoms with E-state index in [-0.39, 0.29) is 12.1 Å².